The van der Waals surface area contributed by atoms with Gasteiger partial charge in [0, 0.05) is 5.33 Å². The van der Waals surface area contributed by atoms with E-state index in [4.69, 9.17) is 4.55 Å². The highest BCUT2D eigenvalue weighted by Gasteiger charge is 2.07. The molecule has 0 aromatic carbocycles. The smallest absolute Gasteiger partial charge is 0.281 e. The Labute approximate surface area is 70.1 Å². The third-order valence-corrected chi connectivity index (χ3v) is 3.02. The van der Waals surface area contributed by atoms with Crippen molar-refractivity contribution in [2.45, 2.75) is 0 Å². The van der Waals surface area contributed by atoms with E-state index in [1.807, 2.05) is 0 Å². The minimum absolute atomic E-state index is 0.216. The Hall–Kier alpha value is 0.610. The molecule has 54 valence electrons. The minimum atomic E-state index is -4.02. The number of halogens is 2. The highest BCUT2D eigenvalue weighted by Crippen LogP contribution is 2.11. The Morgan fingerprint density at radius 2 is 2.11 bits per heavy atom. The molecule has 0 aliphatic carbocycles. The van der Waals surface area contributed by atoms with Crippen LogP contribution in [0.1, 0.15) is 0 Å². The lowest BCUT2D eigenvalue weighted by Crippen LogP contribution is -1.95. The van der Waals surface area contributed by atoms with Crippen molar-refractivity contribution in [1.29, 1.82) is 0 Å². The molecule has 0 aromatic rings. The summed E-state index contributed by atoms with van der Waals surface area (Å²) >= 11 is 5.61. The van der Waals surface area contributed by atoms with Gasteiger partial charge >= 0.3 is 10.1 Å². The Bertz CT molecular complexity index is 205. The van der Waals surface area contributed by atoms with Crippen molar-refractivity contribution < 1.29 is 13.0 Å². The lowest BCUT2D eigenvalue weighted by atomic mass is 10.8. The summed E-state index contributed by atoms with van der Waals surface area (Å²) in [5.74, 6) is 0. The highest BCUT2D eigenvalue weighted by molar-refractivity contribution is 9.13. The molecule has 9 heavy (non-hydrogen) atoms. The van der Waals surface area contributed by atoms with E-state index in [0.29, 0.717) is 5.33 Å². The van der Waals surface area contributed by atoms with Gasteiger partial charge in [0.2, 0.25) is 0 Å². The molecule has 1 N–H and O–H groups in total. The summed E-state index contributed by atoms with van der Waals surface area (Å²) in [6, 6.07) is 0. The first-order valence-electron chi connectivity index (χ1n) is 1.87. The number of rotatable bonds is 2. The van der Waals surface area contributed by atoms with E-state index in [1.54, 1.807) is 0 Å². The van der Waals surface area contributed by atoms with E-state index in [2.05, 4.69) is 31.9 Å². The first kappa shape index (κ1) is 9.61. The molecule has 0 saturated carbocycles. The van der Waals surface area contributed by atoms with Crippen LogP contribution in [0.4, 0.5) is 0 Å². The molecule has 0 aliphatic rings. The third-order valence-electron chi connectivity index (χ3n) is 0.484. The molecule has 0 aromatic heterocycles. The topological polar surface area (TPSA) is 54.4 Å². The van der Waals surface area contributed by atoms with Gasteiger partial charge in [-0.15, -0.1) is 0 Å². The number of allylic oxidation sites excluding steroid dienone is 1. The molecule has 0 saturated heterocycles. The molecule has 3 nitrogen and oxygen atoms in total. The van der Waals surface area contributed by atoms with Gasteiger partial charge < -0.3 is 0 Å². The quantitative estimate of drug-likeness (QED) is 0.616. The van der Waals surface area contributed by atoms with Gasteiger partial charge in [0.25, 0.3) is 0 Å². The molecule has 0 radical (unpaired) electrons. The molecule has 0 rings (SSSR count). The van der Waals surface area contributed by atoms with Gasteiger partial charge in [0.15, 0.2) is 0 Å². The zero-order valence-electron chi connectivity index (χ0n) is 4.21. The van der Waals surface area contributed by atoms with Crippen molar-refractivity contribution in [3.63, 3.8) is 0 Å². The van der Waals surface area contributed by atoms with Crippen LogP contribution < -0.4 is 0 Å². The molecular formula is C3H4Br2O3S. The van der Waals surface area contributed by atoms with Gasteiger partial charge in [0.1, 0.15) is 3.81 Å². The first-order chi connectivity index (χ1) is 3.98. The maximum atomic E-state index is 10.1. The van der Waals surface area contributed by atoms with Crippen LogP contribution >= 0.6 is 31.9 Å². The van der Waals surface area contributed by atoms with E-state index in [0.717, 1.165) is 0 Å². The van der Waals surface area contributed by atoms with Gasteiger partial charge in [-0.05, 0) is 22.0 Å². The molecule has 0 bridgehead atoms. The Morgan fingerprint density at radius 3 is 2.22 bits per heavy atom. The van der Waals surface area contributed by atoms with Crippen molar-refractivity contribution >= 4 is 42.0 Å². The van der Waals surface area contributed by atoms with Gasteiger partial charge in [-0.2, -0.15) is 8.42 Å². The average Bonchev–Trinajstić information content (AvgIpc) is 1.64. The molecule has 6 heteroatoms. The van der Waals surface area contributed by atoms with Crippen LogP contribution in [-0.2, 0) is 10.1 Å². The van der Waals surface area contributed by atoms with Crippen LogP contribution in [0.2, 0.25) is 0 Å². The van der Waals surface area contributed by atoms with E-state index in [-0.39, 0.29) is 3.81 Å². The average molecular weight is 280 g/mol. The molecular weight excluding hydrogens is 276 g/mol. The van der Waals surface area contributed by atoms with Gasteiger partial charge in [0.05, 0.1) is 0 Å². The summed E-state index contributed by atoms with van der Waals surface area (Å²) in [4.78, 5) is 0. The largest absolute Gasteiger partial charge is 0.300 e. The van der Waals surface area contributed by atoms with Crippen LogP contribution in [-0.4, -0.2) is 18.3 Å². The van der Waals surface area contributed by atoms with Gasteiger partial charge in [-0.25, -0.2) is 0 Å². The van der Waals surface area contributed by atoms with E-state index in [1.165, 1.54) is 6.08 Å². The van der Waals surface area contributed by atoms with Crippen molar-refractivity contribution in [3.8, 4) is 0 Å². The summed E-state index contributed by atoms with van der Waals surface area (Å²) < 4.78 is 28.3. The molecule has 0 heterocycles. The van der Waals surface area contributed by atoms with Crippen LogP contribution in [0.3, 0.4) is 0 Å². The summed E-state index contributed by atoms with van der Waals surface area (Å²) in [7, 11) is -4.02. The third kappa shape index (κ3) is 4.07. The van der Waals surface area contributed by atoms with Crippen LogP contribution in [0, 0.1) is 0 Å². The van der Waals surface area contributed by atoms with Crippen molar-refractivity contribution in [2.75, 3.05) is 5.33 Å². The monoisotopic (exact) mass is 278 g/mol. The first-order valence-corrected chi connectivity index (χ1v) is 5.23. The molecule has 0 unspecified atom stereocenters. The molecule has 0 amide bonds. The zero-order valence-corrected chi connectivity index (χ0v) is 8.20. The maximum Gasteiger partial charge on any atom is 0.300 e. The molecule has 0 aliphatic heterocycles. The molecule has 0 fully saturated rings. The van der Waals surface area contributed by atoms with Crippen LogP contribution in [0.15, 0.2) is 9.89 Å². The highest BCUT2D eigenvalue weighted by atomic mass is 79.9. The summed E-state index contributed by atoms with van der Waals surface area (Å²) in [6.45, 7) is 0. The lowest BCUT2D eigenvalue weighted by Gasteiger charge is -1.89. The fourth-order valence-corrected chi connectivity index (χ4v) is 1.59. The number of hydrogen-bond donors (Lipinski definition) is 1. The van der Waals surface area contributed by atoms with Crippen LogP contribution in [0.5, 0.6) is 0 Å². The van der Waals surface area contributed by atoms with Crippen LogP contribution in [0.25, 0.3) is 0 Å². The van der Waals surface area contributed by atoms with E-state index >= 15 is 0 Å². The summed E-state index contributed by atoms with van der Waals surface area (Å²) in [5.41, 5.74) is 0. The van der Waals surface area contributed by atoms with E-state index in [9.17, 15) is 8.42 Å². The zero-order chi connectivity index (χ0) is 7.49. The maximum absolute atomic E-state index is 10.1. The van der Waals surface area contributed by atoms with Crippen molar-refractivity contribution in [1.82, 2.24) is 0 Å². The normalized spacial score (nSPS) is 13.9. The second-order valence-corrected chi connectivity index (χ2v) is 4.55. The van der Waals surface area contributed by atoms with Crippen molar-refractivity contribution in [2.24, 2.45) is 0 Å². The second kappa shape index (κ2) is 3.70. The Balaban J connectivity index is 4.41. The Morgan fingerprint density at radius 1 is 1.67 bits per heavy atom. The number of alkyl halides is 1. The molecule has 0 spiro atoms. The Kier molecular flexibility index (Phi) is 3.95. The SMILES string of the molecule is O=S(=O)(O)C(Br)=CCBr. The standard InChI is InChI=1S/C3H4Br2O3S/c4-2-1-3(5)9(6,7)8/h1H,2H2,(H,6,7,8). The molecule has 0 atom stereocenters. The van der Waals surface area contributed by atoms with Gasteiger partial charge in [-0.1, -0.05) is 15.9 Å². The predicted molar refractivity (Wildman–Crippen MR) is 42.4 cm³/mol. The summed E-state index contributed by atoms with van der Waals surface area (Å²) in [5, 5.41) is 0.382. The van der Waals surface area contributed by atoms with Gasteiger partial charge in [-0.3, -0.25) is 4.55 Å². The lowest BCUT2D eigenvalue weighted by molar-refractivity contribution is 0.493. The fraction of sp³-hybridized carbons (Fsp3) is 0.333. The minimum Gasteiger partial charge on any atom is -0.281 e. The summed E-state index contributed by atoms with van der Waals surface area (Å²) in [6.07, 6.45) is 1.29. The number of hydrogen-bond acceptors (Lipinski definition) is 2. The van der Waals surface area contributed by atoms with Crippen molar-refractivity contribution in [3.05, 3.63) is 9.89 Å². The fourth-order valence-electron chi connectivity index (χ4n) is 0.166. The predicted octanol–water partition coefficient (Wildman–Crippen LogP) is 1.51. The van der Waals surface area contributed by atoms with E-state index < -0.39 is 10.1 Å². The second-order valence-electron chi connectivity index (χ2n) is 1.14.